The SMILES string of the molecule is C[C@H](Oc1ccc([N+](=O)[O-])cc1C=O)C(=O)Nc1ccc(Cl)cc1Cl. The maximum Gasteiger partial charge on any atom is 0.270 e. The lowest BCUT2D eigenvalue weighted by Gasteiger charge is -2.16. The number of carbonyl (C=O) groups excluding carboxylic acids is 2. The number of benzene rings is 2. The van der Waals surface area contributed by atoms with Gasteiger partial charge >= 0.3 is 0 Å². The van der Waals surface area contributed by atoms with Gasteiger partial charge < -0.3 is 10.1 Å². The second-order valence-electron chi connectivity index (χ2n) is 4.97. The van der Waals surface area contributed by atoms with Crippen LogP contribution in [0.2, 0.25) is 10.0 Å². The molecule has 0 aliphatic rings. The van der Waals surface area contributed by atoms with Crippen LogP contribution in [0.5, 0.6) is 5.75 Å². The molecule has 0 aromatic heterocycles. The number of carbonyl (C=O) groups is 2. The van der Waals surface area contributed by atoms with Gasteiger partial charge in [0.1, 0.15) is 5.75 Å². The lowest BCUT2D eigenvalue weighted by atomic mass is 10.2. The summed E-state index contributed by atoms with van der Waals surface area (Å²) in [5.41, 5.74) is 0.0729. The molecule has 7 nitrogen and oxygen atoms in total. The molecular formula is C16H12Cl2N2O5. The number of anilines is 1. The van der Waals surface area contributed by atoms with Gasteiger partial charge in [0.2, 0.25) is 0 Å². The van der Waals surface area contributed by atoms with Crippen molar-refractivity contribution in [2.75, 3.05) is 5.32 Å². The summed E-state index contributed by atoms with van der Waals surface area (Å²) < 4.78 is 5.43. The molecule has 0 spiro atoms. The Kier molecular flexibility index (Phi) is 5.95. The highest BCUT2D eigenvalue weighted by Gasteiger charge is 2.19. The number of rotatable bonds is 6. The van der Waals surface area contributed by atoms with Crippen LogP contribution in [0.3, 0.4) is 0 Å². The van der Waals surface area contributed by atoms with Crippen molar-refractivity contribution in [2.45, 2.75) is 13.0 Å². The van der Waals surface area contributed by atoms with Crippen LogP contribution < -0.4 is 10.1 Å². The Balaban J connectivity index is 2.13. The highest BCUT2D eigenvalue weighted by Crippen LogP contribution is 2.27. The summed E-state index contributed by atoms with van der Waals surface area (Å²) in [5.74, 6) is -0.454. The average molecular weight is 383 g/mol. The summed E-state index contributed by atoms with van der Waals surface area (Å²) in [5, 5.41) is 14.0. The third-order valence-corrected chi connectivity index (χ3v) is 3.74. The van der Waals surface area contributed by atoms with Gasteiger partial charge in [0, 0.05) is 17.2 Å². The normalized spacial score (nSPS) is 11.5. The number of non-ortho nitro benzene ring substituents is 1. The largest absolute Gasteiger partial charge is 0.480 e. The zero-order valence-corrected chi connectivity index (χ0v) is 14.4. The molecule has 0 bridgehead atoms. The third-order valence-electron chi connectivity index (χ3n) is 3.19. The Bertz CT molecular complexity index is 841. The second kappa shape index (κ2) is 7.96. The number of nitrogens with one attached hydrogen (secondary N) is 1. The van der Waals surface area contributed by atoms with E-state index in [0.717, 1.165) is 6.07 Å². The quantitative estimate of drug-likeness (QED) is 0.460. The Morgan fingerprint density at radius 1 is 1.28 bits per heavy atom. The van der Waals surface area contributed by atoms with Crippen LogP contribution in [0.4, 0.5) is 11.4 Å². The Labute approximate surface area is 152 Å². The van der Waals surface area contributed by atoms with E-state index in [0.29, 0.717) is 17.0 Å². The van der Waals surface area contributed by atoms with Crippen molar-refractivity contribution < 1.29 is 19.2 Å². The number of ether oxygens (including phenoxy) is 1. The molecule has 0 radical (unpaired) electrons. The summed E-state index contributed by atoms with van der Waals surface area (Å²) >= 11 is 11.8. The van der Waals surface area contributed by atoms with Gasteiger partial charge in [-0.2, -0.15) is 0 Å². The first-order valence-corrected chi connectivity index (χ1v) is 7.73. The molecular weight excluding hydrogens is 371 g/mol. The standard InChI is InChI=1S/C16H12Cl2N2O5/c1-9(16(22)19-14-4-2-11(17)7-13(14)18)25-15-5-3-12(20(23)24)6-10(15)8-21/h2-9H,1H3,(H,19,22)/t9-/m0/s1. The molecule has 0 fully saturated rings. The van der Waals surface area contributed by atoms with E-state index in [1.54, 1.807) is 6.07 Å². The number of amides is 1. The van der Waals surface area contributed by atoms with Crippen molar-refractivity contribution in [3.8, 4) is 5.75 Å². The maximum atomic E-state index is 12.2. The molecule has 0 saturated heterocycles. The van der Waals surface area contributed by atoms with Gasteiger partial charge in [-0.1, -0.05) is 23.2 Å². The first-order valence-electron chi connectivity index (χ1n) is 6.98. The molecule has 0 aliphatic carbocycles. The summed E-state index contributed by atoms with van der Waals surface area (Å²) in [6.07, 6.45) is -0.560. The Morgan fingerprint density at radius 3 is 2.60 bits per heavy atom. The van der Waals surface area contributed by atoms with E-state index < -0.39 is 16.9 Å². The van der Waals surface area contributed by atoms with Crippen molar-refractivity contribution in [1.82, 2.24) is 0 Å². The molecule has 2 rings (SSSR count). The number of nitrogens with zero attached hydrogens (tertiary/aromatic N) is 1. The molecule has 1 amide bonds. The monoisotopic (exact) mass is 382 g/mol. The summed E-state index contributed by atoms with van der Waals surface area (Å²) in [6, 6.07) is 8.10. The highest BCUT2D eigenvalue weighted by molar-refractivity contribution is 6.36. The van der Waals surface area contributed by atoms with E-state index in [9.17, 15) is 19.7 Å². The topological polar surface area (TPSA) is 98.5 Å². The fraction of sp³-hybridized carbons (Fsp3) is 0.125. The van der Waals surface area contributed by atoms with Crippen molar-refractivity contribution in [2.24, 2.45) is 0 Å². The minimum atomic E-state index is -0.980. The van der Waals surface area contributed by atoms with Gasteiger partial charge in [-0.05, 0) is 31.2 Å². The van der Waals surface area contributed by atoms with Crippen LogP contribution in [0.1, 0.15) is 17.3 Å². The molecule has 2 aromatic carbocycles. The third kappa shape index (κ3) is 4.68. The lowest BCUT2D eigenvalue weighted by molar-refractivity contribution is -0.384. The Morgan fingerprint density at radius 2 is 2.00 bits per heavy atom. The fourth-order valence-corrected chi connectivity index (χ4v) is 2.37. The number of nitro groups is 1. The van der Waals surface area contributed by atoms with E-state index >= 15 is 0 Å². The average Bonchev–Trinajstić information content (AvgIpc) is 2.57. The number of halogens is 2. The predicted molar refractivity (Wildman–Crippen MR) is 93.7 cm³/mol. The van der Waals surface area contributed by atoms with E-state index in [1.807, 2.05) is 0 Å². The fourth-order valence-electron chi connectivity index (χ4n) is 1.92. The smallest absolute Gasteiger partial charge is 0.270 e. The molecule has 0 saturated carbocycles. The van der Waals surface area contributed by atoms with E-state index in [-0.39, 0.29) is 22.0 Å². The van der Waals surface area contributed by atoms with Crippen LogP contribution in [0, 0.1) is 10.1 Å². The highest BCUT2D eigenvalue weighted by atomic mass is 35.5. The molecule has 0 aliphatic heterocycles. The van der Waals surface area contributed by atoms with Gasteiger partial charge in [-0.15, -0.1) is 0 Å². The van der Waals surface area contributed by atoms with Crippen molar-refractivity contribution in [3.05, 3.63) is 62.1 Å². The van der Waals surface area contributed by atoms with Crippen molar-refractivity contribution in [1.29, 1.82) is 0 Å². The van der Waals surface area contributed by atoms with Gasteiger partial charge in [0.05, 0.1) is 21.2 Å². The number of aldehydes is 1. The number of nitro benzene ring substituents is 1. The first kappa shape index (κ1) is 18.7. The van der Waals surface area contributed by atoms with E-state index in [4.69, 9.17) is 27.9 Å². The molecule has 25 heavy (non-hydrogen) atoms. The zero-order chi connectivity index (χ0) is 18.6. The van der Waals surface area contributed by atoms with Crippen LogP contribution in [0.25, 0.3) is 0 Å². The van der Waals surface area contributed by atoms with Gasteiger partial charge in [-0.25, -0.2) is 0 Å². The van der Waals surface area contributed by atoms with Crippen LogP contribution >= 0.6 is 23.2 Å². The van der Waals surface area contributed by atoms with Gasteiger partial charge in [0.15, 0.2) is 12.4 Å². The predicted octanol–water partition coefficient (Wildman–Crippen LogP) is 4.12. The maximum absolute atomic E-state index is 12.2. The number of hydrogen-bond donors (Lipinski definition) is 1. The second-order valence-corrected chi connectivity index (χ2v) is 5.81. The summed E-state index contributed by atoms with van der Waals surface area (Å²) in [6.45, 7) is 1.47. The van der Waals surface area contributed by atoms with Gasteiger partial charge in [0.25, 0.3) is 11.6 Å². The van der Waals surface area contributed by atoms with Crippen LogP contribution in [0.15, 0.2) is 36.4 Å². The summed E-state index contributed by atoms with van der Waals surface area (Å²) in [4.78, 5) is 33.4. The molecule has 1 atom stereocenters. The molecule has 9 heteroatoms. The minimum absolute atomic E-state index is 0.0293. The molecule has 1 N–H and O–H groups in total. The molecule has 2 aromatic rings. The van der Waals surface area contributed by atoms with Crippen molar-refractivity contribution >= 4 is 46.8 Å². The Hall–Kier alpha value is -2.64. The van der Waals surface area contributed by atoms with Gasteiger partial charge in [-0.3, -0.25) is 19.7 Å². The molecule has 0 heterocycles. The molecule has 130 valence electrons. The van der Waals surface area contributed by atoms with Crippen LogP contribution in [-0.2, 0) is 4.79 Å². The lowest BCUT2D eigenvalue weighted by Crippen LogP contribution is -2.30. The van der Waals surface area contributed by atoms with E-state index in [1.165, 1.54) is 31.2 Å². The number of hydrogen-bond acceptors (Lipinski definition) is 5. The van der Waals surface area contributed by atoms with Crippen molar-refractivity contribution in [3.63, 3.8) is 0 Å². The van der Waals surface area contributed by atoms with E-state index in [2.05, 4.69) is 5.32 Å². The molecule has 0 unspecified atom stereocenters. The van der Waals surface area contributed by atoms with Crippen LogP contribution in [-0.4, -0.2) is 23.2 Å². The first-order chi connectivity index (χ1) is 11.8. The minimum Gasteiger partial charge on any atom is -0.480 e. The summed E-state index contributed by atoms with van der Waals surface area (Å²) in [7, 11) is 0. The zero-order valence-electron chi connectivity index (χ0n) is 12.9.